The Morgan fingerprint density at radius 1 is 1.11 bits per heavy atom. The Hall–Kier alpha value is -2.18. The van der Waals surface area contributed by atoms with E-state index in [0.717, 1.165) is 11.4 Å². The summed E-state index contributed by atoms with van der Waals surface area (Å²) < 4.78 is 0. The molecule has 19 heavy (non-hydrogen) atoms. The molecular weight excluding hydrogens is 258 g/mol. The van der Waals surface area contributed by atoms with Gasteiger partial charge in [-0.2, -0.15) is 5.26 Å². The summed E-state index contributed by atoms with van der Waals surface area (Å²) in [5, 5.41) is 12.9. The molecular formula is C15H14ClN3. The molecule has 3 nitrogen and oxygen atoms in total. The highest BCUT2D eigenvalue weighted by molar-refractivity contribution is 6.30. The first-order valence-corrected chi connectivity index (χ1v) is 6.22. The van der Waals surface area contributed by atoms with Crippen LogP contribution >= 0.6 is 11.6 Å². The molecule has 2 aromatic rings. The Kier molecular flexibility index (Phi) is 3.94. The minimum absolute atomic E-state index is 0.570. The van der Waals surface area contributed by atoms with Crippen LogP contribution in [0.15, 0.2) is 42.5 Å². The predicted molar refractivity (Wildman–Crippen MR) is 80.2 cm³/mol. The number of anilines is 3. The van der Waals surface area contributed by atoms with Crippen molar-refractivity contribution in [3.8, 4) is 6.07 Å². The smallest absolute Gasteiger partial charge is 0.101 e. The molecule has 0 radical (unpaired) electrons. The highest BCUT2D eigenvalue weighted by atomic mass is 35.5. The Morgan fingerprint density at radius 2 is 1.79 bits per heavy atom. The van der Waals surface area contributed by atoms with Crippen molar-refractivity contribution in [3.05, 3.63) is 53.1 Å². The maximum Gasteiger partial charge on any atom is 0.101 e. The van der Waals surface area contributed by atoms with Gasteiger partial charge in [-0.15, -0.1) is 0 Å². The van der Waals surface area contributed by atoms with Crippen molar-refractivity contribution in [2.45, 2.75) is 0 Å². The highest BCUT2D eigenvalue weighted by Gasteiger charge is 2.03. The SMILES string of the molecule is CN(C)c1ccc(Nc2cc(Cl)ccc2C#N)cc1. The lowest BCUT2D eigenvalue weighted by Crippen LogP contribution is -2.08. The van der Waals surface area contributed by atoms with Crippen LogP contribution in [-0.4, -0.2) is 14.1 Å². The first-order valence-electron chi connectivity index (χ1n) is 5.84. The number of benzene rings is 2. The fourth-order valence-electron chi connectivity index (χ4n) is 1.72. The van der Waals surface area contributed by atoms with Gasteiger partial charge in [0.25, 0.3) is 0 Å². The predicted octanol–water partition coefficient (Wildman–Crippen LogP) is 4.02. The summed E-state index contributed by atoms with van der Waals surface area (Å²) in [5.41, 5.74) is 3.33. The van der Waals surface area contributed by atoms with E-state index >= 15 is 0 Å². The fourth-order valence-corrected chi connectivity index (χ4v) is 1.89. The molecule has 2 aromatic carbocycles. The van der Waals surface area contributed by atoms with E-state index in [1.807, 2.05) is 43.3 Å². The van der Waals surface area contributed by atoms with Gasteiger partial charge in [0.05, 0.1) is 11.3 Å². The number of rotatable bonds is 3. The van der Waals surface area contributed by atoms with Gasteiger partial charge in [-0.05, 0) is 42.5 Å². The molecule has 96 valence electrons. The summed E-state index contributed by atoms with van der Waals surface area (Å²) in [7, 11) is 3.99. The van der Waals surface area contributed by atoms with E-state index in [0.29, 0.717) is 16.3 Å². The van der Waals surface area contributed by atoms with Crippen molar-refractivity contribution in [3.63, 3.8) is 0 Å². The van der Waals surface area contributed by atoms with Crippen LogP contribution in [0, 0.1) is 11.3 Å². The number of halogens is 1. The zero-order valence-electron chi connectivity index (χ0n) is 10.8. The molecule has 4 heteroatoms. The zero-order valence-corrected chi connectivity index (χ0v) is 11.6. The van der Waals surface area contributed by atoms with E-state index in [1.54, 1.807) is 18.2 Å². The van der Waals surface area contributed by atoms with Gasteiger partial charge in [0.15, 0.2) is 0 Å². The molecule has 0 aliphatic carbocycles. The second-order valence-electron chi connectivity index (χ2n) is 4.37. The molecule has 0 fully saturated rings. The summed E-state index contributed by atoms with van der Waals surface area (Å²) in [5.74, 6) is 0. The van der Waals surface area contributed by atoms with Gasteiger partial charge in [0.1, 0.15) is 6.07 Å². The highest BCUT2D eigenvalue weighted by Crippen LogP contribution is 2.25. The van der Waals surface area contributed by atoms with E-state index in [4.69, 9.17) is 16.9 Å². The van der Waals surface area contributed by atoms with Crippen LogP contribution in [0.5, 0.6) is 0 Å². The lowest BCUT2D eigenvalue weighted by atomic mass is 10.2. The topological polar surface area (TPSA) is 39.1 Å². The molecule has 0 aromatic heterocycles. The molecule has 0 heterocycles. The van der Waals surface area contributed by atoms with Crippen LogP contribution in [0.4, 0.5) is 17.1 Å². The van der Waals surface area contributed by atoms with Crippen molar-refractivity contribution in [2.24, 2.45) is 0 Å². The molecule has 0 aliphatic heterocycles. The molecule has 0 amide bonds. The molecule has 0 saturated carbocycles. The van der Waals surface area contributed by atoms with Crippen molar-refractivity contribution in [1.29, 1.82) is 5.26 Å². The minimum Gasteiger partial charge on any atom is -0.378 e. The van der Waals surface area contributed by atoms with E-state index in [2.05, 4.69) is 11.4 Å². The molecule has 1 N–H and O–H groups in total. The second kappa shape index (κ2) is 5.64. The Labute approximate surface area is 118 Å². The summed E-state index contributed by atoms with van der Waals surface area (Å²) in [6.45, 7) is 0. The summed E-state index contributed by atoms with van der Waals surface area (Å²) in [4.78, 5) is 2.03. The van der Waals surface area contributed by atoms with Crippen molar-refractivity contribution in [2.75, 3.05) is 24.3 Å². The van der Waals surface area contributed by atoms with Gasteiger partial charge in [-0.1, -0.05) is 11.6 Å². The van der Waals surface area contributed by atoms with Gasteiger partial charge in [-0.3, -0.25) is 0 Å². The quantitative estimate of drug-likeness (QED) is 0.916. The maximum absolute atomic E-state index is 9.06. The summed E-state index contributed by atoms with van der Waals surface area (Å²) in [6, 6.07) is 15.3. The summed E-state index contributed by atoms with van der Waals surface area (Å²) >= 11 is 5.95. The molecule has 0 aliphatic rings. The molecule has 0 atom stereocenters. The van der Waals surface area contributed by atoms with Crippen molar-refractivity contribution >= 4 is 28.7 Å². The first kappa shape index (κ1) is 13.3. The average Bonchev–Trinajstić information content (AvgIpc) is 2.39. The van der Waals surface area contributed by atoms with Gasteiger partial charge >= 0.3 is 0 Å². The number of nitrogens with zero attached hydrogens (tertiary/aromatic N) is 2. The third-order valence-corrected chi connectivity index (χ3v) is 3.00. The minimum atomic E-state index is 0.570. The second-order valence-corrected chi connectivity index (χ2v) is 4.80. The van der Waals surface area contributed by atoms with Gasteiger partial charge < -0.3 is 10.2 Å². The number of hydrogen-bond donors (Lipinski definition) is 1. The molecule has 0 spiro atoms. The normalized spacial score (nSPS) is 9.79. The van der Waals surface area contributed by atoms with Crippen LogP contribution in [-0.2, 0) is 0 Å². The standard InChI is InChI=1S/C15H14ClN3/c1-19(2)14-7-5-13(6-8-14)18-15-9-12(16)4-3-11(15)10-17/h3-9,18H,1-2H3. The third kappa shape index (κ3) is 3.18. The van der Waals surface area contributed by atoms with Crippen LogP contribution in [0.3, 0.4) is 0 Å². The third-order valence-electron chi connectivity index (χ3n) is 2.76. The van der Waals surface area contributed by atoms with E-state index in [-0.39, 0.29) is 0 Å². The van der Waals surface area contributed by atoms with Crippen LogP contribution in [0.25, 0.3) is 0 Å². The number of nitriles is 1. The number of nitrogens with one attached hydrogen (secondary N) is 1. The summed E-state index contributed by atoms with van der Waals surface area (Å²) in [6.07, 6.45) is 0. The van der Waals surface area contributed by atoms with E-state index in [1.165, 1.54) is 0 Å². The Bertz CT molecular complexity index is 612. The van der Waals surface area contributed by atoms with Gasteiger partial charge in [0.2, 0.25) is 0 Å². The molecule has 0 bridgehead atoms. The van der Waals surface area contributed by atoms with Crippen LogP contribution in [0.2, 0.25) is 5.02 Å². The Morgan fingerprint density at radius 3 is 2.37 bits per heavy atom. The average molecular weight is 272 g/mol. The fraction of sp³-hybridized carbons (Fsp3) is 0.133. The molecule has 2 rings (SSSR count). The monoisotopic (exact) mass is 271 g/mol. The van der Waals surface area contributed by atoms with Gasteiger partial charge in [-0.25, -0.2) is 0 Å². The van der Waals surface area contributed by atoms with Crippen LogP contribution in [0.1, 0.15) is 5.56 Å². The largest absolute Gasteiger partial charge is 0.378 e. The van der Waals surface area contributed by atoms with Gasteiger partial charge in [0, 0.05) is 30.5 Å². The lowest BCUT2D eigenvalue weighted by molar-refractivity contribution is 1.13. The Balaban J connectivity index is 2.26. The van der Waals surface area contributed by atoms with Crippen molar-refractivity contribution < 1.29 is 0 Å². The first-order chi connectivity index (χ1) is 9.10. The number of hydrogen-bond acceptors (Lipinski definition) is 3. The zero-order chi connectivity index (χ0) is 13.8. The van der Waals surface area contributed by atoms with E-state index < -0.39 is 0 Å². The molecule has 0 unspecified atom stereocenters. The van der Waals surface area contributed by atoms with Crippen molar-refractivity contribution in [1.82, 2.24) is 0 Å². The molecule has 0 saturated heterocycles. The van der Waals surface area contributed by atoms with E-state index in [9.17, 15) is 0 Å². The maximum atomic E-state index is 9.06. The lowest BCUT2D eigenvalue weighted by Gasteiger charge is -2.14. The van der Waals surface area contributed by atoms with Crippen LogP contribution < -0.4 is 10.2 Å².